The summed E-state index contributed by atoms with van der Waals surface area (Å²) in [5, 5.41) is 10.9. The van der Waals surface area contributed by atoms with Gasteiger partial charge in [0.2, 0.25) is 0 Å². The fourth-order valence-corrected chi connectivity index (χ4v) is 1.94. The SMILES string of the molecule is CCCOc1cc(CC(Br)CC)ccc1[N+](=O)[O-]. The third-order valence-corrected chi connectivity index (χ3v) is 3.55. The number of nitro groups is 1. The lowest BCUT2D eigenvalue weighted by Gasteiger charge is -2.10. The van der Waals surface area contributed by atoms with Crippen LogP contribution in [0.1, 0.15) is 32.3 Å². The average molecular weight is 316 g/mol. The van der Waals surface area contributed by atoms with Crippen molar-refractivity contribution in [2.75, 3.05) is 6.61 Å². The quantitative estimate of drug-likeness (QED) is 0.432. The lowest BCUT2D eigenvalue weighted by Crippen LogP contribution is -2.03. The Balaban J connectivity index is 2.93. The van der Waals surface area contributed by atoms with E-state index >= 15 is 0 Å². The largest absolute Gasteiger partial charge is 0.487 e. The van der Waals surface area contributed by atoms with Crippen molar-refractivity contribution >= 4 is 21.6 Å². The van der Waals surface area contributed by atoms with Gasteiger partial charge in [0.15, 0.2) is 5.75 Å². The number of hydrogen-bond donors (Lipinski definition) is 0. The third-order valence-electron chi connectivity index (χ3n) is 2.58. The maximum Gasteiger partial charge on any atom is 0.310 e. The normalized spacial score (nSPS) is 12.2. The van der Waals surface area contributed by atoms with Crippen LogP contribution < -0.4 is 4.74 Å². The molecule has 0 heterocycles. The Morgan fingerprint density at radius 1 is 1.44 bits per heavy atom. The average Bonchev–Trinajstić information content (AvgIpc) is 2.36. The minimum atomic E-state index is -0.403. The van der Waals surface area contributed by atoms with Crippen molar-refractivity contribution in [1.82, 2.24) is 0 Å². The van der Waals surface area contributed by atoms with Gasteiger partial charge in [-0.1, -0.05) is 35.8 Å². The predicted octanol–water partition coefficient (Wildman–Crippen LogP) is 4.10. The molecule has 5 heteroatoms. The monoisotopic (exact) mass is 315 g/mol. The highest BCUT2D eigenvalue weighted by molar-refractivity contribution is 9.09. The van der Waals surface area contributed by atoms with Gasteiger partial charge in [-0.25, -0.2) is 0 Å². The fraction of sp³-hybridized carbons (Fsp3) is 0.538. The molecule has 0 aliphatic heterocycles. The Kier molecular flexibility index (Phi) is 6.12. The summed E-state index contributed by atoms with van der Waals surface area (Å²) in [4.78, 5) is 10.9. The molecule has 4 nitrogen and oxygen atoms in total. The lowest BCUT2D eigenvalue weighted by molar-refractivity contribution is -0.385. The predicted molar refractivity (Wildman–Crippen MR) is 75.6 cm³/mol. The number of halogens is 1. The highest BCUT2D eigenvalue weighted by Crippen LogP contribution is 2.29. The second-order valence-electron chi connectivity index (χ2n) is 4.12. The molecule has 0 N–H and O–H groups in total. The first-order valence-corrected chi connectivity index (χ1v) is 7.04. The number of ether oxygens (including phenoxy) is 1. The van der Waals surface area contributed by atoms with Crippen LogP contribution in [0.25, 0.3) is 0 Å². The fourth-order valence-electron chi connectivity index (χ4n) is 1.56. The van der Waals surface area contributed by atoms with Gasteiger partial charge in [-0.3, -0.25) is 10.1 Å². The van der Waals surface area contributed by atoms with Crippen LogP contribution in [0.15, 0.2) is 18.2 Å². The first kappa shape index (κ1) is 15.0. The van der Waals surface area contributed by atoms with Gasteiger partial charge in [0, 0.05) is 10.9 Å². The molecule has 0 saturated carbocycles. The molecule has 0 saturated heterocycles. The van der Waals surface area contributed by atoms with Crippen molar-refractivity contribution in [2.24, 2.45) is 0 Å². The van der Waals surface area contributed by atoms with Gasteiger partial charge in [0.1, 0.15) is 0 Å². The molecule has 1 rings (SSSR count). The molecular weight excluding hydrogens is 298 g/mol. The summed E-state index contributed by atoms with van der Waals surface area (Å²) in [6.45, 7) is 4.57. The first-order chi connectivity index (χ1) is 8.58. The minimum Gasteiger partial charge on any atom is -0.487 e. The molecule has 1 atom stereocenters. The van der Waals surface area contributed by atoms with Crippen LogP contribution in [0.5, 0.6) is 5.75 Å². The maximum absolute atomic E-state index is 10.9. The zero-order chi connectivity index (χ0) is 13.5. The molecule has 100 valence electrons. The van der Waals surface area contributed by atoms with Crippen molar-refractivity contribution < 1.29 is 9.66 Å². The second-order valence-corrected chi connectivity index (χ2v) is 5.41. The molecule has 0 bridgehead atoms. The summed E-state index contributed by atoms with van der Waals surface area (Å²) in [6.07, 6.45) is 2.69. The molecule has 1 aromatic carbocycles. The van der Waals surface area contributed by atoms with Crippen LogP contribution in [-0.4, -0.2) is 16.4 Å². The summed E-state index contributed by atoms with van der Waals surface area (Å²) < 4.78 is 5.45. The molecular formula is C13H18BrNO3. The van der Waals surface area contributed by atoms with Gasteiger partial charge in [-0.2, -0.15) is 0 Å². The number of hydrogen-bond acceptors (Lipinski definition) is 3. The summed E-state index contributed by atoms with van der Waals surface area (Å²) in [5.74, 6) is 0.371. The van der Waals surface area contributed by atoms with Crippen LogP contribution in [0, 0.1) is 10.1 Å². The van der Waals surface area contributed by atoms with Gasteiger partial charge in [0.25, 0.3) is 0 Å². The number of nitro benzene ring substituents is 1. The van der Waals surface area contributed by atoms with E-state index in [0.29, 0.717) is 17.2 Å². The van der Waals surface area contributed by atoms with E-state index in [0.717, 1.165) is 24.8 Å². The Morgan fingerprint density at radius 3 is 2.72 bits per heavy atom. The van der Waals surface area contributed by atoms with Crippen molar-refractivity contribution in [3.63, 3.8) is 0 Å². The summed E-state index contributed by atoms with van der Waals surface area (Å²) in [6, 6.07) is 5.09. The van der Waals surface area contributed by atoms with Gasteiger partial charge in [-0.05, 0) is 30.9 Å². The van der Waals surface area contributed by atoms with E-state index in [9.17, 15) is 10.1 Å². The van der Waals surface area contributed by atoms with E-state index < -0.39 is 4.92 Å². The Labute approximate surface area is 116 Å². The molecule has 1 aromatic rings. The van der Waals surface area contributed by atoms with Crippen LogP contribution in [-0.2, 0) is 6.42 Å². The Bertz CT molecular complexity index is 409. The van der Waals surface area contributed by atoms with Crippen LogP contribution >= 0.6 is 15.9 Å². The van der Waals surface area contributed by atoms with Crippen molar-refractivity contribution in [3.8, 4) is 5.75 Å². The van der Waals surface area contributed by atoms with Crippen LogP contribution in [0.2, 0.25) is 0 Å². The Hall–Kier alpha value is -1.10. The number of nitrogens with zero attached hydrogens (tertiary/aromatic N) is 1. The summed E-state index contributed by atoms with van der Waals surface area (Å²) in [7, 11) is 0. The van der Waals surface area contributed by atoms with Gasteiger partial charge in [0.05, 0.1) is 11.5 Å². The minimum absolute atomic E-state index is 0.0369. The summed E-state index contributed by atoms with van der Waals surface area (Å²) in [5.41, 5.74) is 1.09. The zero-order valence-electron chi connectivity index (χ0n) is 10.7. The van der Waals surface area contributed by atoms with Crippen LogP contribution in [0.3, 0.4) is 0 Å². The van der Waals surface area contributed by atoms with Crippen molar-refractivity contribution in [1.29, 1.82) is 0 Å². The molecule has 0 aromatic heterocycles. The highest BCUT2D eigenvalue weighted by atomic mass is 79.9. The van der Waals surface area contributed by atoms with Gasteiger partial charge >= 0.3 is 5.69 Å². The lowest BCUT2D eigenvalue weighted by atomic mass is 10.1. The first-order valence-electron chi connectivity index (χ1n) is 6.12. The molecule has 1 unspecified atom stereocenters. The van der Waals surface area contributed by atoms with E-state index in [1.165, 1.54) is 6.07 Å². The molecule has 0 spiro atoms. The van der Waals surface area contributed by atoms with E-state index in [1.807, 2.05) is 6.92 Å². The zero-order valence-corrected chi connectivity index (χ0v) is 12.3. The topological polar surface area (TPSA) is 52.4 Å². The van der Waals surface area contributed by atoms with Crippen LogP contribution in [0.4, 0.5) is 5.69 Å². The van der Waals surface area contributed by atoms with E-state index in [1.54, 1.807) is 12.1 Å². The summed E-state index contributed by atoms with van der Waals surface area (Å²) >= 11 is 3.56. The van der Waals surface area contributed by atoms with Gasteiger partial charge in [-0.15, -0.1) is 0 Å². The number of benzene rings is 1. The molecule has 0 amide bonds. The van der Waals surface area contributed by atoms with Crippen molar-refractivity contribution in [3.05, 3.63) is 33.9 Å². The smallest absolute Gasteiger partial charge is 0.310 e. The highest BCUT2D eigenvalue weighted by Gasteiger charge is 2.16. The molecule has 0 aliphatic rings. The molecule has 18 heavy (non-hydrogen) atoms. The second kappa shape index (κ2) is 7.36. The number of alkyl halides is 1. The van der Waals surface area contributed by atoms with E-state index in [2.05, 4.69) is 22.9 Å². The standard InChI is InChI=1S/C13H18BrNO3/c1-3-7-18-13-9-10(8-11(14)4-2)5-6-12(13)15(16)17/h5-6,9,11H,3-4,7-8H2,1-2H3. The third kappa shape index (κ3) is 4.29. The Morgan fingerprint density at radius 2 is 2.17 bits per heavy atom. The maximum atomic E-state index is 10.9. The van der Waals surface area contributed by atoms with Crippen molar-refractivity contribution in [2.45, 2.75) is 37.9 Å². The molecule has 0 radical (unpaired) electrons. The van der Waals surface area contributed by atoms with E-state index in [-0.39, 0.29) is 5.69 Å². The number of rotatable bonds is 7. The van der Waals surface area contributed by atoms with Gasteiger partial charge < -0.3 is 4.74 Å². The van der Waals surface area contributed by atoms with E-state index in [4.69, 9.17) is 4.74 Å². The molecule has 0 aliphatic carbocycles. The molecule has 0 fully saturated rings.